The summed E-state index contributed by atoms with van der Waals surface area (Å²) in [4.78, 5) is 9.16. The van der Waals surface area contributed by atoms with Crippen molar-refractivity contribution in [2.75, 3.05) is 13.6 Å². The maximum absolute atomic E-state index is 4.58. The van der Waals surface area contributed by atoms with E-state index in [0.29, 0.717) is 5.92 Å². The first-order valence-corrected chi connectivity index (χ1v) is 6.04. The summed E-state index contributed by atoms with van der Waals surface area (Å²) < 4.78 is 0. The Morgan fingerprint density at radius 2 is 1.69 bits per heavy atom. The van der Waals surface area contributed by atoms with Gasteiger partial charge in [0, 0.05) is 17.3 Å². The average molecular weight is 221 g/mol. The lowest BCUT2D eigenvalue weighted by atomic mass is 10.1. The van der Waals surface area contributed by atoms with Crippen LogP contribution < -0.4 is 5.32 Å². The zero-order valence-corrected chi connectivity index (χ0v) is 11.1. The minimum Gasteiger partial charge on any atom is -0.320 e. The lowest BCUT2D eigenvalue weighted by molar-refractivity contribution is 0.701. The predicted octanol–water partition coefficient (Wildman–Crippen LogP) is 2.37. The van der Waals surface area contributed by atoms with E-state index in [4.69, 9.17) is 0 Å². The van der Waals surface area contributed by atoms with Gasteiger partial charge >= 0.3 is 0 Å². The molecule has 3 nitrogen and oxygen atoms in total. The molecule has 0 saturated heterocycles. The van der Waals surface area contributed by atoms with Gasteiger partial charge in [0.2, 0.25) is 0 Å². The summed E-state index contributed by atoms with van der Waals surface area (Å²) in [5, 5.41) is 3.17. The van der Waals surface area contributed by atoms with Crippen molar-refractivity contribution in [1.29, 1.82) is 0 Å². The molecule has 0 amide bonds. The molecule has 0 aliphatic carbocycles. The summed E-state index contributed by atoms with van der Waals surface area (Å²) in [5.74, 6) is 1.37. The summed E-state index contributed by atoms with van der Waals surface area (Å²) in [6, 6.07) is 0. The van der Waals surface area contributed by atoms with Gasteiger partial charge in [0.15, 0.2) is 0 Å². The van der Waals surface area contributed by atoms with E-state index in [0.717, 1.165) is 36.6 Å². The van der Waals surface area contributed by atoms with E-state index in [-0.39, 0.29) is 0 Å². The van der Waals surface area contributed by atoms with Crippen LogP contribution in [0, 0.1) is 13.8 Å². The molecule has 16 heavy (non-hydrogen) atoms. The number of rotatable bonds is 5. The van der Waals surface area contributed by atoms with E-state index in [1.54, 1.807) is 0 Å². The molecule has 0 radical (unpaired) electrons. The lowest BCUT2D eigenvalue weighted by Gasteiger charge is -2.12. The van der Waals surface area contributed by atoms with Crippen molar-refractivity contribution in [2.24, 2.45) is 0 Å². The zero-order valence-electron chi connectivity index (χ0n) is 11.1. The van der Waals surface area contributed by atoms with Crippen LogP contribution in [0.1, 0.15) is 49.0 Å². The molecule has 0 unspecified atom stereocenters. The standard InChI is InChI=1S/C13H23N3/c1-9(2)13-15-10(3)12(11(4)16-13)7-6-8-14-5/h9,14H,6-8H2,1-5H3. The van der Waals surface area contributed by atoms with Gasteiger partial charge in [-0.25, -0.2) is 9.97 Å². The van der Waals surface area contributed by atoms with Gasteiger partial charge in [0.05, 0.1) is 0 Å². The number of aromatic nitrogens is 2. The molecule has 3 heteroatoms. The normalized spacial score (nSPS) is 11.1. The Morgan fingerprint density at radius 3 is 2.12 bits per heavy atom. The number of hydrogen-bond donors (Lipinski definition) is 1. The molecule has 90 valence electrons. The summed E-state index contributed by atoms with van der Waals surface area (Å²) >= 11 is 0. The van der Waals surface area contributed by atoms with Crippen LogP contribution in [0.25, 0.3) is 0 Å². The van der Waals surface area contributed by atoms with Crippen LogP contribution in [0.15, 0.2) is 0 Å². The molecule has 0 aromatic carbocycles. The Morgan fingerprint density at radius 1 is 1.12 bits per heavy atom. The van der Waals surface area contributed by atoms with Gasteiger partial charge in [-0.2, -0.15) is 0 Å². The van der Waals surface area contributed by atoms with Crippen molar-refractivity contribution in [2.45, 2.75) is 46.5 Å². The Bertz CT molecular complexity index is 322. The third-order valence-electron chi connectivity index (χ3n) is 2.81. The number of nitrogens with one attached hydrogen (secondary N) is 1. The van der Waals surface area contributed by atoms with Crippen molar-refractivity contribution in [3.8, 4) is 0 Å². The van der Waals surface area contributed by atoms with Crippen molar-refractivity contribution >= 4 is 0 Å². The van der Waals surface area contributed by atoms with Gasteiger partial charge < -0.3 is 5.32 Å². The molecule has 0 bridgehead atoms. The van der Waals surface area contributed by atoms with Gasteiger partial charge in [-0.15, -0.1) is 0 Å². The molecule has 1 aromatic rings. The topological polar surface area (TPSA) is 37.8 Å². The molecule has 0 spiro atoms. The van der Waals surface area contributed by atoms with E-state index in [1.807, 2.05) is 7.05 Å². The minimum atomic E-state index is 0.406. The van der Waals surface area contributed by atoms with Crippen molar-refractivity contribution < 1.29 is 0 Å². The molecule has 1 N–H and O–H groups in total. The molecule has 1 heterocycles. The van der Waals surface area contributed by atoms with Gasteiger partial charge in [0.25, 0.3) is 0 Å². The van der Waals surface area contributed by atoms with Crippen LogP contribution in [0.5, 0.6) is 0 Å². The second-order valence-electron chi connectivity index (χ2n) is 4.59. The summed E-state index contributed by atoms with van der Waals surface area (Å²) in [6.45, 7) is 9.50. The molecule has 0 aliphatic heterocycles. The van der Waals surface area contributed by atoms with Crippen molar-refractivity contribution in [3.63, 3.8) is 0 Å². The van der Waals surface area contributed by atoms with Gasteiger partial charge in [-0.3, -0.25) is 0 Å². The van der Waals surface area contributed by atoms with E-state index in [9.17, 15) is 0 Å². The number of aryl methyl sites for hydroxylation is 2. The van der Waals surface area contributed by atoms with Gasteiger partial charge in [-0.05, 0) is 45.8 Å². The largest absolute Gasteiger partial charge is 0.320 e. The highest BCUT2D eigenvalue weighted by Crippen LogP contribution is 2.16. The first-order chi connectivity index (χ1) is 7.56. The smallest absolute Gasteiger partial charge is 0.131 e. The van der Waals surface area contributed by atoms with Crippen molar-refractivity contribution in [1.82, 2.24) is 15.3 Å². The predicted molar refractivity (Wildman–Crippen MR) is 67.8 cm³/mol. The maximum atomic E-state index is 4.58. The van der Waals surface area contributed by atoms with Crippen LogP contribution in [-0.2, 0) is 6.42 Å². The second-order valence-corrected chi connectivity index (χ2v) is 4.59. The highest BCUT2D eigenvalue weighted by atomic mass is 14.9. The zero-order chi connectivity index (χ0) is 12.1. The number of hydrogen-bond acceptors (Lipinski definition) is 3. The van der Waals surface area contributed by atoms with Crippen LogP contribution in [0.3, 0.4) is 0 Å². The molecule has 0 aliphatic rings. The fourth-order valence-electron chi connectivity index (χ4n) is 1.83. The fourth-order valence-corrected chi connectivity index (χ4v) is 1.83. The average Bonchev–Trinajstić information content (AvgIpc) is 2.21. The SMILES string of the molecule is CNCCCc1c(C)nc(C(C)C)nc1C. The molecule has 0 atom stereocenters. The molecular weight excluding hydrogens is 198 g/mol. The van der Waals surface area contributed by atoms with Crippen LogP contribution in [-0.4, -0.2) is 23.6 Å². The van der Waals surface area contributed by atoms with Crippen LogP contribution >= 0.6 is 0 Å². The summed E-state index contributed by atoms with van der Waals surface area (Å²) in [6.07, 6.45) is 2.21. The van der Waals surface area contributed by atoms with Gasteiger partial charge in [-0.1, -0.05) is 13.8 Å². The Hall–Kier alpha value is -0.960. The van der Waals surface area contributed by atoms with E-state index in [2.05, 4.69) is 43.0 Å². The molecule has 0 fully saturated rings. The summed E-state index contributed by atoms with van der Waals surface area (Å²) in [5.41, 5.74) is 3.61. The first-order valence-electron chi connectivity index (χ1n) is 6.04. The quantitative estimate of drug-likeness (QED) is 0.776. The number of nitrogens with zero attached hydrogens (tertiary/aromatic N) is 2. The first kappa shape index (κ1) is 13.1. The molecule has 1 rings (SSSR count). The second kappa shape index (κ2) is 5.94. The van der Waals surface area contributed by atoms with Gasteiger partial charge in [0.1, 0.15) is 5.82 Å². The molecular formula is C13H23N3. The molecule has 1 aromatic heterocycles. The Labute approximate surface area is 98.7 Å². The van der Waals surface area contributed by atoms with Crippen LogP contribution in [0.4, 0.5) is 0 Å². The van der Waals surface area contributed by atoms with E-state index >= 15 is 0 Å². The lowest BCUT2D eigenvalue weighted by Crippen LogP contribution is -2.11. The van der Waals surface area contributed by atoms with Crippen LogP contribution in [0.2, 0.25) is 0 Å². The van der Waals surface area contributed by atoms with E-state index in [1.165, 1.54) is 5.56 Å². The molecule has 0 saturated carbocycles. The monoisotopic (exact) mass is 221 g/mol. The fraction of sp³-hybridized carbons (Fsp3) is 0.692. The third-order valence-corrected chi connectivity index (χ3v) is 2.81. The maximum Gasteiger partial charge on any atom is 0.131 e. The Balaban J connectivity index is 2.85. The Kier molecular flexibility index (Phi) is 4.87. The highest BCUT2D eigenvalue weighted by molar-refractivity contribution is 5.25. The van der Waals surface area contributed by atoms with Crippen molar-refractivity contribution in [3.05, 3.63) is 22.8 Å². The minimum absolute atomic E-state index is 0.406. The third kappa shape index (κ3) is 3.27. The van der Waals surface area contributed by atoms with E-state index < -0.39 is 0 Å². The summed E-state index contributed by atoms with van der Waals surface area (Å²) in [7, 11) is 1.98. The highest BCUT2D eigenvalue weighted by Gasteiger charge is 2.10.